The van der Waals surface area contributed by atoms with E-state index in [9.17, 15) is 4.79 Å². The lowest BCUT2D eigenvalue weighted by molar-refractivity contribution is 0.237. The topological polar surface area (TPSA) is 62.2 Å². The molecule has 0 spiro atoms. The average molecular weight is 327 g/mol. The predicted octanol–water partition coefficient (Wildman–Crippen LogP) is 1.93. The van der Waals surface area contributed by atoms with E-state index in [2.05, 4.69) is 32.8 Å². The highest BCUT2D eigenvalue weighted by Gasteiger charge is 2.24. The van der Waals surface area contributed by atoms with Gasteiger partial charge in [0.1, 0.15) is 0 Å². The van der Waals surface area contributed by atoms with Crippen LogP contribution in [-0.4, -0.2) is 41.5 Å². The Bertz CT molecular complexity index is 654. The monoisotopic (exact) mass is 327 g/mol. The zero-order valence-corrected chi connectivity index (χ0v) is 14.1. The van der Waals surface area contributed by atoms with Crippen LogP contribution in [0.3, 0.4) is 0 Å². The number of nitrogens with zero attached hydrogens (tertiary/aromatic N) is 3. The second-order valence-electron chi connectivity index (χ2n) is 6.29. The number of hydrogen-bond donors (Lipinski definition) is 2. The molecule has 0 bridgehead atoms. The van der Waals surface area contributed by atoms with Gasteiger partial charge in [0.2, 0.25) is 0 Å². The van der Waals surface area contributed by atoms with Crippen LogP contribution in [0, 0.1) is 0 Å². The largest absolute Gasteiger partial charge is 0.367 e. The van der Waals surface area contributed by atoms with E-state index in [1.54, 1.807) is 4.68 Å². The Morgan fingerprint density at radius 1 is 1.33 bits per heavy atom. The number of carbonyl (C=O) groups excluding carboxylic acids is 1. The number of urea groups is 1. The lowest BCUT2D eigenvalue weighted by atomic mass is 10.1. The number of aromatic nitrogens is 2. The number of nitrogens with one attached hydrogen (secondary N) is 2. The predicted molar refractivity (Wildman–Crippen MR) is 95.1 cm³/mol. The molecule has 2 amide bonds. The maximum atomic E-state index is 12.0. The van der Waals surface area contributed by atoms with Gasteiger partial charge in [0, 0.05) is 38.9 Å². The van der Waals surface area contributed by atoms with Crippen molar-refractivity contribution in [3.05, 3.63) is 48.3 Å². The molecule has 1 aromatic heterocycles. The van der Waals surface area contributed by atoms with Crippen molar-refractivity contribution in [2.24, 2.45) is 7.05 Å². The first-order valence-electron chi connectivity index (χ1n) is 8.52. The molecule has 1 aliphatic rings. The van der Waals surface area contributed by atoms with Gasteiger partial charge in [-0.25, -0.2) is 4.79 Å². The Morgan fingerprint density at radius 2 is 2.17 bits per heavy atom. The minimum atomic E-state index is -0.0684. The Balaban J connectivity index is 1.34. The molecule has 1 aliphatic heterocycles. The Hall–Kier alpha value is -2.50. The molecule has 1 saturated heterocycles. The van der Waals surface area contributed by atoms with Crippen molar-refractivity contribution in [1.82, 2.24) is 20.4 Å². The Morgan fingerprint density at radius 3 is 2.92 bits per heavy atom. The first kappa shape index (κ1) is 16.4. The molecule has 1 aromatic carbocycles. The zero-order chi connectivity index (χ0) is 16.8. The lowest BCUT2D eigenvalue weighted by Crippen LogP contribution is -2.43. The number of amides is 2. The summed E-state index contributed by atoms with van der Waals surface area (Å²) in [5.74, 6) is 0. The standard InChI is InChI=1S/C18H25N5O/c1-22-14-17(12-20-22)23-11-9-16(13-23)21-18(24)19-10-5-8-15-6-3-2-4-7-15/h2-4,6-7,12,14,16H,5,8-11,13H2,1H3,(H2,19,21,24)/t16-/m0/s1. The Labute approximate surface area is 142 Å². The van der Waals surface area contributed by atoms with Gasteiger partial charge in [-0.15, -0.1) is 0 Å². The average Bonchev–Trinajstić information content (AvgIpc) is 3.21. The van der Waals surface area contributed by atoms with Gasteiger partial charge in [-0.2, -0.15) is 5.10 Å². The van der Waals surface area contributed by atoms with Gasteiger partial charge in [0.05, 0.1) is 11.9 Å². The highest BCUT2D eigenvalue weighted by atomic mass is 16.2. The van der Waals surface area contributed by atoms with Crippen LogP contribution in [0.2, 0.25) is 0 Å². The first-order chi connectivity index (χ1) is 11.7. The SMILES string of the molecule is Cn1cc(N2CC[C@H](NC(=O)NCCCc3ccccc3)C2)cn1. The molecule has 2 aromatic rings. The maximum Gasteiger partial charge on any atom is 0.315 e. The third kappa shape index (κ3) is 4.50. The van der Waals surface area contributed by atoms with Gasteiger partial charge in [-0.1, -0.05) is 30.3 Å². The molecule has 2 N–H and O–H groups in total. The molecule has 0 aliphatic carbocycles. The van der Waals surface area contributed by atoms with Crippen LogP contribution in [0.5, 0.6) is 0 Å². The number of benzene rings is 1. The molecule has 3 rings (SSSR count). The summed E-state index contributed by atoms with van der Waals surface area (Å²) < 4.78 is 1.80. The van der Waals surface area contributed by atoms with E-state index in [0.717, 1.165) is 38.0 Å². The molecule has 0 unspecified atom stereocenters. The van der Waals surface area contributed by atoms with E-state index < -0.39 is 0 Å². The van der Waals surface area contributed by atoms with Crippen molar-refractivity contribution >= 4 is 11.7 Å². The molecule has 6 heteroatoms. The minimum absolute atomic E-state index is 0.0684. The third-order valence-corrected chi connectivity index (χ3v) is 4.35. The quantitative estimate of drug-likeness (QED) is 0.797. The highest BCUT2D eigenvalue weighted by Crippen LogP contribution is 2.19. The molecule has 0 saturated carbocycles. The van der Waals surface area contributed by atoms with Crippen molar-refractivity contribution in [2.75, 3.05) is 24.5 Å². The van der Waals surface area contributed by atoms with Crippen LogP contribution < -0.4 is 15.5 Å². The van der Waals surface area contributed by atoms with E-state index in [4.69, 9.17) is 0 Å². The zero-order valence-electron chi connectivity index (χ0n) is 14.1. The maximum absolute atomic E-state index is 12.0. The van der Waals surface area contributed by atoms with Gasteiger partial charge in [0.15, 0.2) is 0 Å². The van der Waals surface area contributed by atoms with E-state index in [-0.39, 0.29) is 12.1 Å². The van der Waals surface area contributed by atoms with Crippen molar-refractivity contribution in [3.8, 4) is 0 Å². The van der Waals surface area contributed by atoms with Crippen LogP contribution in [0.15, 0.2) is 42.7 Å². The fraction of sp³-hybridized carbons (Fsp3) is 0.444. The number of carbonyl (C=O) groups is 1. The molecule has 1 fully saturated rings. The highest BCUT2D eigenvalue weighted by molar-refractivity contribution is 5.74. The van der Waals surface area contributed by atoms with E-state index in [0.29, 0.717) is 6.54 Å². The third-order valence-electron chi connectivity index (χ3n) is 4.35. The fourth-order valence-corrected chi connectivity index (χ4v) is 3.06. The molecular formula is C18H25N5O. The Kier molecular flexibility index (Phi) is 5.36. The molecule has 2 heterocycles. The van der Waals surface area contributed by atoms with Crippen LogP contribution >= 0.6 is 0 Å². The normalized spacial score (nSPS) is 17.0. The van der Waals surface area contributed by atoms with Gasteiger partial charge in [-0.05, 0) is 24.8 Å². The summed E-state index contributed by atoms with van der Waals surface area (Å²) in [7, 11) is 1.91. The van der Waals surface area contributed by atoms with Gasteiger partial charge < -0.3 is 15.5 Å². The van der Waals surface area contributed by atoms with Gasteiger partial charge in [-0.3, -0.25) is 4.68 Å². The van der Waals surface area contributed by atoms with Crippen molar-refractivity contribution in [1.29, 1.82) is 0 Å². The molecule has 6 nitrogen and oxygen atoms in total. The fourth-order valence-electron chi connectivity index (χ4n) is 3.06. The van der Waals surface area contributed by atoms with Gasteiger partial charge >= 0.3 is 6.03 Å². The van der Waals surface area contributed by atoms with Crippen molar-refractivity contribution in [3.63, 3.8) is 0 Å². The molecule has 128 valence electrons. The smallest absolute Gasteiger partial charge is 0.315 e. The molecular weight excluding hydrogens is 302 g/mol. The summed E-state index contributed by atoms with van der Waals surface area (Å²) in [4.78, 5) is 14.3. The molecule has 1 atom stereocenters. The van der Waals surface area contributed by atoms with Crippen LogP contribution in [0.4, 0.5) is 10.5 Å². The summed E-state index contributed by atoms with van der Waals surface area (Å²) >= 11 is 0. The summed E-state index contributed by atoms with van der Waals surface area (Å²) in [6.45, 7) is 2.48. The molecule has 0 radical (unpaired) electrons. The second kappa shape index (κ2) is 7.86. The minimum Gasteiger partial charge on any atom is -0.367 e. The van der Waals surface area contributed by atoms with Crippen LogP contribution in [-0.2, 0) is 13.5 Å². The van der Waals surface area contributed by atoms with Crippen LogP contribution in [0.1, 0.15) is 18.4 Å². The number of anilines is 1. The van der Waals surface area contributed by atoms with E-state index in [1.807, 2.05) is 37.6 Å². The van der Waals surface area contributed by atoms with Crippen molar-refractivity contribution in [2.45, 2.75) is 25.3 Å². The summed E-state index contributed by atoms with van der Waals surface area (Å²) in [6.07, 6.45) is 6.77. The van der Waals surface area contributed by atoms with E-state index in [1.165, 1.54) is 5.56 Å². The lowest BCUT2D eigenvalue weighted by Gasteiger charge is -2.17. The summed E-state index contributed by atoms with van der Waals surface area (Å²) in [5, 5.41) is 10.2. The van der Waals surface area contributed by atoms with Crippen molar-refractivity contribution < 1.29 is 4.79 Å². The second-order valence-corrected chi connectivity index (χ2v) is 6.29. The van der Waals surface area contributed by atoms with Gasteiger partial charge in [0.25, 0.3) is 0 Å². The summed E-state index contributed by atoms with van der Waals surface area (Å²) in [5.41, 5.74) is 2.42. The molecule has 24 heavy (non-hydrogen) atoms. The number of rotatable bonds is 6. The number of aryl methyl sites for hydroxylation is 2. The summed E-state index contributed by atoms with van der Waals surface area (Å²) in [6, 6.07) is 10.5. The first-order valence-corrected chi connectivity index (χ1v) is 8.52. The van der Waals surface area contributed by atoms with Crippen LogP contribution in [0.25, 0.3) is 0 Å². The number of hydrogen-bond acceptors (Lipinski definition) is 3. The van der Waals surface area contributed by atoms with E-state index >= 15 is 0 Å².